The molecule has 27 heavy (non-hydrogen) atoms. The molecule has 0 radical (unpaired) electrons. The average molecular weight is 486 g/mol. The number of guanidine groups is 1. The van der Waals surface area contributed by atoms with Crippen LogP contribution in [0.3, 0.4) is 0 Å². The molecule has 2 saturated heterocycles. The van der Waals surface area contributed by atoms with Crippen molar-refractivity contribution in [2.45, 2.75) is 32.7 Å². The lowest BCUT2D eigenvalue weighted by Crippen LogP contribution is -2.49. The van der Waals surface area contributed by atoms with Crippen LogP contribution in [0.5, 0.6) is 0 Å². The molecule has 3 rings (SSSR count). The number of nitrogens with zero attached hydrogens (tertiary/aromatic N) is 3. The molecule has 1 aromatic carbocycles. The van der Waals surface area contributed by atoms with Crippen LogP contribution >= 0.6 is 24.0 Å². The minimum absolute atomic E-state index is 0. The largest absolute Gasteiger partial charge is 0.379 e. The summed E-state index contributed by atoms with van der Waals surface area (Å²) in [7, 11) is 1.90. The second kappa shape index (κ2) is 11.2. The molecule has 152 valence electrons. The van der Waals surface area contributed by atoms with Gasteiger partial charge in [-0.15, -0.1) is 24.0 Å². The molecule has 2 fully saturated rings. The van der Waals surface area contributed by atoms with Gasteiger partial charge in [0, 0.05) is 39.8 Å². The number of aryl methyl sites for hydroxylation is 1. The zero-order chi connectivity index (χ0) is 18.4. The number of benzene rings is 1. The standard InChI is InChI=1S/C21H34N4O.HI/c1-17-6-4-8-19(14-17)20(24-10-12-26-13-11-24)15-23-21(22-3)25-9-5-7-18(2)16-25;/h4,6,8,14,18,20H,5,7,9-13,15-16H2,1-3H3,(H,22,23);1H. The van der Waals surface area contributed by atoms with E-state index in [-0.39, 0.29) is 24.0 Å². The normalized spacial score (nSPS) is 22.9. The first-order valence-electron chi connectivity index (χ1n) is 10.0. The maximum atomic E-state index is 5.57. The first kappa shape index (κ1) is 22.4. The molecule has 0 amide bonds. The maximum absolute atomic E-state index is 5.57. The number of rotatable bonds is 4. The third kappa shape index (κ3) is 6.32. The molecule has 0 bridgehead atoms. The lowest BCUT2D eigenvalue weighted by molar-refractivity contribution is 0.0168. The number of nitrogens with one attached hydrogen (secondary N) is 1. The maximum Gasteiger partial charge on any atom is 0.193 e. The molecule has 2 unspecified atom stereocenters. The van der Waals surface area contributed by atoms with Crippen molar-refractivity contribution >= 4 is 29.9 Å². The van der Waals surface area contributed by atoms with Gasteiger partial charge < -0.3 is 15.0 Å². The van der Waals surface area contributed by atoms with Gasteiger partial charge in [-0.1, -0.05) is 36.8 Å². The molecule has 2 aliphatic heterocycles. The molecule has 0 saturated carbocycles. The Labute approximate surface area is 181 Å². The van der Waals surface area contributed by atoms with Crippen LogP contribution in [0, 0.1) is 12.8 Å². The summed E-state index contributed by atoms with van der Waals surface area (Å²) in [5.74, 6) is 1.79. The van der Waals surface area contributed by atoms with E-state index in [1.165, 1.54) is 24.0 Å². The molecule has 1 N–H and O–H groups in total. The quantitative estimate of drug-likeness (QED) is 0.403. The fourth-order valence-electron chi connectivity index (χ4n) is 4.13. The first-order chi connectivity index (χ1) is 12.7. The molecule has 0 aromatic heterocycles. The topological polar surface area (TPSA) is 40.1 Å². The van der Waals surface area contributed by atoms with Crippen LogP contribution in [-0.2, 0) is 4.74 Å². The van der Waals surface area contributed by atoms with Crippen LogP contribution in [0.2, 0.25) is 0 Å². The SMILES string of the molecule is CN=C(NCC(c1cccc(C)c1)N1CCOCC1)N1CCCC(C)C1.I. The van der Waals surface area contributed by atoms with E-state index < -0.39 is 0 Å². The molecule has 2 aliphatic rings. The van der Waals surface area contributed by atoms with Gasteiger partial charge in [0.25, 0.3) is 0 Å². The smallest absolute Gasteiger partial charge is 0.193 e. The fourth-order valence-corrected chi connectivity index (χ4v) is 4.13. The molecule has 0 spiro atoms. The summed E-state index contributed by atoms with van der Waals surface area (Å²) in [4.78, 5) is 9.52. The van der Waals surface area contributed by atoms with Crippen molar-refractivity contribution in [2.75, 3.05) is 53.0 Å². The number of hydrogen-bond donors (Lipinski definition) is 1. The molecule has 5 nitrogen and oxygen atoms in total. The Morgan fingerprint density at radius 3 is 2.74 bits per heavy atom. The summed E-state index contributed by atoms with van der Waals surface area (Å²) >= 11 is 0. The van der Waals surface area contributed by atoms with Gasteiger partial charge >= 0.3 is 0 Å². The van der Waals surface area contributed by atoms with Gasteiger partial charge in [-0.05, 0) is 31.2 Å². The number of morpholine rings is 1. The number of aliphatic imine (C=N–C) groups is 1. The van der Waals surface area contributed by atoms with E-state index in [0.717, 1.165) is 57.8 Å². The van der Waals surface area contributed by atoms with Gasteiger partial charge in [-0.25, -0.2) is 0 Å². The molecule has 6 heteroatoms. The molecular formula is C21H35IN4O. The summed E-state index contributed by atoms with van der Waals surface area (Å²) < 4.78 is 5.57. The first-order valence-corrected chi connectivity index (χ1v) is 10.0. The van der Waals surface area contributed by atoms with Crippen molar-refractivity contribution in [1.29, 1.82) is 0 Å². The predicted octanol–water partition coefficient (Wildman–Crippen LogP) is 3.29. The average Bonchev–Trinajstić information content (AvgIpc) is 2.66. The number of ether oxygens (including phenoxy) is 1. The Balaban J connectivity index is 0.00000261. The highest BCUT2D eigenvalue weighted by Gasteiger charge is 2.25. The Morgan fingerprint density at radius 2 is 2.07 bits per heavy atom. The van der Waals surface area contributed by atoms with E-state index in [1.807, 2.05) is 7.05 Å². The second-order valence-corrected chi connectivity index (χ2v) is 7.70. The predicted molar refractivity (Wildman–Crippen MR) is 123 cm³/mol. The summed E-state index contributed by atoms with van der Waals surface area (Å²) in [6.45, 7) is 11.2. The van der Waals surface area contributed by atoms with Gasteiger partial charge in [0.15, 0.2) is 5.96 Å². The van der Waals surface area contributed by atoms with Gasteiger partial charge in [0.2, 0.25) is 0 Å². The summed E-state index contributed by atoms with van der Waals surface area (Å²) in [5, 5.41) is 3.67. The van der Waals surface area contributed by atoms with Gasteiger partial charge in [-0.2, -0.15) is 0 Å². The number of hydrogen-bond acceptors (Lipinski definition) is 3. The third-order valence-corrected chi connectivity index (χ3v) is 5.54. The Kier molecular flexibility index (Phi) is 9.32. The van der Waals surface area contributed by atoms with Crippen molar-refractivity contribution in [3.05, 3.63) is 35.4 Å². The fraction of sp³-hybridized carbons (Fsp3) is 0.667. The zero-order valence-corrected chi connectivity index (χ0v) is 19.3. The van der Waals surface area contributed by atoms with E-state index in [1.54, 1.807) is 0 Å². The van der Waals surface area contributed by atoms with Crippen LogP contribution in [0.15, 0.2) is 29.3 Å². The second-order valence-electron chi connectivity index (χ2n) is 7.70. The molecule has 1 aromatic rings. The zero-order valence-electron chi connectivity index (χ0n) is 17.0. The molecular weight excluding hydrogens is 451 g/mol. The van der Waals surface area contributed by atoms with E-state index >= 15 is 0 Å². The van der Waals surface area contributed by atoms with Crippen LogP contribution in [0.4, 0.5) is 0 Å². The van der Waals surface area contributed by atoms with Crippen molar-refractivity contribution < 1.29 is 4.74 Å². The molecule has 2 heterocycles. The van der Waals surface area contributed by atoms with Gasteiger partial charge in [0.1, 0.15) is 0 Å². The van der Waals surface area contributed by atoms with E-state index in [4.69, 9.17) is 4.74 Å². The van der Waals surface area contributed by atoms with Crippen LogP contribution < -0.4 is 5.32 Å². The van der Waals surface area contributed by atoms with Crippen molar-refractivity contribution in [3.8, 4) is 0 Å². The van der Waals surface area contributed by atoms with Crippen molar-refractivity contribution in [1.82, 2.24) is 15.1 Å². The van der Waals surface area contributed by atoms with Crippen LogP contribution in [0.25, 0.3) is 0 Å². The summed E-state index contributed by atoms with van der Waals surface area (Å²) in [6, 6.07) is 9.24. The van der Waals surface area contributed by atoms with E-state index in [2.05, 4.69) is 58.2 Å². The van der Waals surface area contributed by atoms with Crippen molar-refractivity contribution in [2.24, 2.45) is 10.9 Å². The Morgan fingerprint density at radius 1 is 1.30 bits per heavy atom. The highest BCUT2D eigenvalue weighted by Crippen LogP contribution is 2.23. The number of likely N-dealkylation sites (tertiary alicyclic amines) is 1. The monoisotopic (exact) mass is 486 g/mol. The highest BCUT2D eigenvalue weighted by atomic mass is 127. The minimum atomic E-state index is 0. The van der Waals surface area contributed by atoms with E-state index in [0.29, 0.717) is 6.04 Å². The number of piperidine rings is 1. The Hall–Kier alpha value is -0.860. The van der Waals surface area contributed by atoms with Gasteiger partial charge in [-0.3, -0.25) is 9.89 Å². The molecule has 2 atom stereocenters. The Bertz CT molecular complexity index is 604. The van der Waals surface area contributed by atoms with E-state index in [9.17, 15) is 0 Å². The third-order valence-electron chi connectivity index (χ3n) is 5.54. The summed E-state index contributed by atoms with van der Waals surface area (Å²) in [5.41, 5.74) is 2.69. The molecule has 0 aliphatic carbocycles. The lowest BCUT2D eigenvalue weighted by Gasteiger charge is -2.37. The lowest BCUT2D eigenvalue weighted by atomic mass is 10.0. The van der Waals surface area contributed by atoms with Crippen molar-refractivity contribution in [3.63, 3.8) is 0 Å². The van der Waals surface area contributed by atoms with Crippen LogP contribution in [-0.4, -0.2) is 68.7 Å². The highest BCUT2D eigenvalue weighted by molar-refractivity contribution is 14.0. The van der Waals surface area contributed by atoms with Gasteiger partial charge in [0.05, 0.1) is 19.3 Å². The summed E-state index contributed by atoms with van der Waals surface area (Å²) in [6.07, 6.45) is 2.58. The number of halogens is 1. The minimum Gasteiger partial charge on any atom is -0.379 e. The van der Waals surface area contributed by atoms with Crippen LogP contribution in [0.1, 0.15) is 36.9 Å².